The first-order valence-corrected chi connectivity index (χ1v) is 10.6. The Kier molecular flexibility index (Phi) is 13.4. The van der Waals surface area contributed by atoms with Gasteiger partial charge in [-0.3, -0.25) is 29.4 Å². The highest BCUT2D eigenvalue weighted by Crippen LogP contribution is 2.04. The van der Waals surface area contributed by atoms with Gasteiger partial charge >= 0.3 is 17.9 Å². The van der Waals surface area contributed by atoms with Crippen molar-refractivity contribution in [2.45, 2.75) is 63.7 Å². The number of carbonyl (C=O) groups is 6. The Morgan fingerprint density at radius 2 is 1.23 bits per heavy atom. The van der Waals surface area contributed by atoms with Crippen LogP contribution in [0.25, 0.3) is 0 Å². The fourth-order valence-corrected chi connectivity index (χ4v) is 2.67. The van der Waals surface area contributed by atoms with Crippen molar-refractivity contribution in [2.75, 3.05) is 6.54 Å². The summed E-state index contributed by atoms with van der Waals surface area (Å²) in [5, 5.41) is 43.3. The van der Waals surface area contributed by atoms with E-state index in [2.05, 4.69) is 21.3 Å². The van der Waals surface area contributed by atoms with E-state index in [0.717, 1.165) is 0 Å². The standard InChI is InChI=1S/C19H33N7O9/c1-8(2)14(20)17(33)26-11(7-13(29)30)16(32)25-10(6-12(27)28)15(31)24-9(18(34)35)4-3-5-23-19(21)22/h8-11,14H,3-7,20H2,1-2H3,(H,24,31)(H,25,32)(H,26,33)(H,27,28)(H,29,30)(H,34,35)(H4,21,22,23)/t9-,10-,11-,14-/m0/s1. The van der Waals surface area contributed by atoms with Crippen LogP contribution in [0, 0.1) is 11.3 Å². The molecule has 16 nitrogen and oxygen atoms in total. The quantitative estimate of drug-likeness (QED) is 0.0563. The third-order valence-corrected chi connectivity index (χ3v) is 4.64. The average Bonchev–Trinajstić information content (AvgIpc) is 2.72. The van der Waals surface area contributed by atoms with E-state index in [1.165, 1.54) is 0 Å². The molecule has 0 radical (unpaired) electrons. The SMILES string of the molecule is CC(C)[C@H](N)C(=O)N[C@@H](CC(=O)O)C(=O)N[C@@H](CC(=O)O)C(=O)N[C@@H](CCCNC(=N)N)C(=O)O. The van der Waals surface area contributed by atoms with Crippen molar-refractivity contribution in [1.29, 1.82) is 5.41 Å². The van der Waals surface area contributed by atoms with Crippen LogP contribution in [0.1, 0.15) is 39.5 Å². The molecule has 0 aliphatic carbocycles. The van der Waals surface area contributed by atoms with E-state index < -0.39 is 72.6 Å². The van der Waals surface area contributed by atoms with Gasteiger partial charge in [0.25, 0.3) is 0 Å². The third kappa shape index (κ3) is 12.8. The van der Waals surface area contributed by atoms with Crippen LogP contribution >= 0.6 is 0 Å². The molecule has 0 heterocycles. The molecule has 0 aromatic carbocycles. The number of guanidine groups is 1. The van der Waals surface area contributed by atoms with Crippen LogP contribution in [0.4, 0.5) is 0 Å². The Labute approximate surface area is 200 Å². The first kappa shape index (κ1) is 31.0. The van der Waals surface area contributed by atoms with E-state index in [1.807, 2.05) is 0 Å². The van der Waals surface area contributed by atoms with E-state index in [-0.39, 0.29) is 31.3 Å². The molecule has 0 fully saturated rings. The van der Waals surface area contributed by atoms with Gasteiger partial charge in [-0.15, -0.1) is 0 Å². The van der Waals surface area contributed by atoms with Crippen molar-refractivity contribution < 1.29 is 44.1 Å². The molecule has 0 spiro atoms. The molecule has 35 heavy (non-hydrogen) atoms. The maximum absolute atomic E-state index is 12.6. The highest BCUT2D eigenvalue weighted by molar-refractivity contribution is 5.96. The van der Waals surface area contributed by atoms with Crippen molar-refractivity contribution in [3.8, 4) is 0 Å². The summed E-state index contributed by atoms with van der Waals surface area (Å²) in [5.74, 6) is -8.22. The van der Waals surface area contributed by atoms with E-state index in [1.54, 1.807) is 13.8 Å². The number of nitrogens with two attached hydrogens (primary N) is 2. The fourth-order valence-electron chi connectivity index (χ4n) is 2.67. The Balaban J connectivity index is 5.47. The summed E-state index contributed by atoms with van der Waals surface area (Å²) in [7, 11) is 0. The minimum Gasteiger partial charge on any atom is -0.481 e. The fraction of sp³-hybridized carbons (Fsp3) is 0.632. The zero-order valence-electron chi connectivity index (χ0n) is 19.4. The lowest BCUT2D eigenvalue weighted by Gasteiger charge is -2.24. The van der Waals surface area contributed by atoms with E-state index in [4.69, 9.17) is 27.1 Å². The first-order valence-electron chi connectivity index (χ1n) is 10.6. The number of carboxylic acid groups (broad SMARTS) is 3. The third-order valence-electron chi connectivity index (χ3n) is 4.64. The number of carbonyl (C=O) groups excluding carboxylic acids is 3. The minimum absolute atomic E-state index is 0.111. The summed E-state index contributed by atoms with van der Waals surface area (Å²) in [6, 6.07) is -5.97. The predicted octanol–water partition coefficient (Wildman–Crippen LogP) is -3.28. The van der Waals surface area contributed by atoms with Crippen LogP contribution in [0.5, 0.6) is 0 Å². The van der Waals surface area contributed by atoms with E-state index in [0.29, 0.717) is 0 Å². The molecule has 16 heteroatoms. The van der Waals surface area contributed by atoms with Crippen LogP contribution in [0.15, 0.2) is 0 Å². The highest BCUT2D eigenvalue weighted by Gasteiger charge is 2.32. The molecule has 0 saturated heterocycles. The van der Waals surface area contributed by atoms with Gasteiger partial charge in [0.1, 0.15) is 18.1 Å². The Bertz CT molecular complexity index is 818. The Hall–Kier alpha value is -3.95. The van der Waals surface area contributed by atoms with Crippen molar-refractivity contribution in [1.82, 2.24) is 21.3 Å². The summed E-state index contributed by atoms with van der Waals surface area (Å²) >= 11 is 0. The van der Waals surface area contributed by atoms with Gasteiger partial charge in [-0.05, 0) is 18.8 Å². The largest absolute Gasteiger partial charge is 0.481 e. The normalized spacial score (nSPS) is 14.1. The second-order valence-corrected chi connectivity index (χ2v) is 7.97. The highest BCUT2D eigenvalue weighted by atomic mass is 16.4. The average molecular weight is 504 g/mol. The monoisotopic (exact) mass is 503 g/mol. The number of hydrogen-bond acceptors (Lipinski definition) is 8. The van der Waals surface area contributed by atoms with Crippen molar-refractivity contribution in [2.24, 2.45) is 17.4 Å². The molecule has 0 aliphatic heterocycles. The molecule has 0 aromatic heterocycles. The van der Waals surface area contributed by atoms with Gasteiger partial charge in [-0.2, -0.15) is 0 Å². The summed E-state index contributed by atoms with van der Waals surface area (Å²) in [4.78, 5) is 71.3. The summed E-state index contributed by atoms with van der Waals surface area (Å²) in [6.45, 7) is 3.39. The van der Waals surface area contributed by atoms with Gasteiger partial charge in [0, 0.05) is 6.54 Å². The number of amides is 3. The molecule has 0 aliphatic rings. The van der Waals surface area contributed by atoms with Gasteiger partial charge in [0.05, 0.1) is 18.9 Å². The Morgan fingerprint density at radius 1 is 0.800 bits per heavy atom. The van der Waals surface area contributed by atoms with Crippen molar-refractivity contribution >= 4 is 41.6 Å². The van der Waals surface area contributed by atoms with Crippen molar-refractivity contribution in [3.05, 3.63) is 0 Å². The lowest BCUT2D eigenvalue weighted by Crippen LogP contribution is -2.58. The lowest BCUT2D eigenvalue weighted by atomic mass is 10.0. The minimum atomic E-state index is -1.77. The summed E-state index contributed by atoms with van der Waals surface area (Å²) < 4.78 is 0. The zero-order chi connectivity index (χ0) is 27.3. The smallest absolute Gasteiger partial charge is 0.326 e. The predicted molar refractivity (Wildman–Crippen MR) is 120 cm³/mol. The molecule has 0 bridgehead atoms. The van der Waals surface area contributed by atoms with Crippen molar-refractivity contribution in [3.63, 3.8) is 0 Å². The molecule has 3 amide bonds. The number of aliphatic carboxylic acids is 3. The number of hydrogen-bond donors (Lipinski definition) is 10. The lowest BCUT2D eigenvalue weighted by molar-refractivity contribution is -0.145. The molecule has 198 valence electrons. The molecule has 0 unspecified atom stereocenters. The van der Waals surface area contributed by atoms with E-state index >= 15 is 0 Å². The zero-order valence-corrected chi connectivity index (χ0v) is 19.4. The van der Waals surface area contributed by atoms with E-state index in [9.17, 15) is 33.9 Å². The number of nitrogens with one attached hydrogen (secondary N) is 5. The second-order valence-electron chi connectivity index (χ2n) is 7.97. The second kappa shape index (κ2) is 15.0. The van der Waals surface area contributed by atoms with Gasteiger partial charge < -0.3 is 48.1 Å². The van der Waals surface area contributed by atoms with Crippen LogP contribution in [0.2, 0.25) is 0 Å². The molecule has 12 N–H and O–H groups in total. The molecule has 4 atom stereocenters. The maximum atomic E-state index is 12.6. The van der Waals surface area contributed by atoms with Crippen LogP contribution in [0.3, 0.4) is 0 Å². The van der Waals surface area contributed by atoms with Gasteiger partial charge in [0.15, 0.2) is 5.96 Å². The number of rotatable bonds is 16. The summed E-state index contributed by atoms with van der Waals surface area (Å²) in [6.07, 6.45) is -1.77. The van der Waals surface area contributed by atoms with Crippen LogP contribution < -0.4 is 32.7 Å². The molecule has 0 aromatic rings. The maximum Gasteiger partial charge on any atom is 0.326 e. The van der Waals surface area contributed by atoms with Crippen LogP contribution in [-0.4, -0.2) is 87.6 Å². The van der Waals surface area contributed by atoms with Crippen LogP contribution in [-0.2, 0) is 28.8 Å². The molecule has 0 rings (SSSR count). The molecule has 0 saturated carbocycles. The van der Waals surface area contributed by atoms with Gasteiger partial charge in [-0.25, -0.2) is 4.79 Å². The number of carboxylic acids is 3. The molecular weight excluding hydrogens is 470 g/mol. The summed E-state index contributed by atoms with van der Waals surface area (Å²) in [5.41, 5.74) is 10.8. The molecular formula is C19H33N7O9. The Morgan fingerprint density at radius 3 is 1.60 bits per heavy atom. The van der Waals surface area contributed by atoms with Gasteiger partial charge in [0.2, 0.25) is 17.7 Å². The van der Waals surface area contributed by atoms with Gasteiger partial charge in [-0.1, -0.05) is 13.8 Å². The first-order chi connectivity index (χ1) is 16.1. The topological polar surface area (TPSA) is 287 Å².